The van der Waals surface area contributed by atoms with Crippen LogP contribution in [0.2, 0.25) is 0 Å². The van der Waals surface area contributed by atoms with Crippen molar-refractivity contribution in [2.45, 2.75) is 33.2 Å². The van der Waals surface area contributed by atoms with E-state index in [9.17, 15) is 4.79 Å². The molecule has 2 aromatic rings. The van der Waals surface area contributed by atoms with Crippen molar-refractivity contribution >= 4 is 33.3 Å². The van der Waals surface area contributed by atoms with Gasteiger partial charge >= 0.3 is 0 Å². The predicted octanol–water partition coefficient (Wildman–Crippen LogP) is 2.27. The summed E-state index contributed by atoms with van der Waals surface area (Å²) in [5, 5.41) is 11.8. The maximum Gasteiger partial charge on any atom is 0.265 e. The van der Waals surface area contributed by atoms with Crippen LogP contribution < -0.4 is 10.8 Å². The van der Waals surface area contributed by atoms with Crippen LogP contribution in [0, 0.1) is 6.92 Å². The van der Waals surface area contributed by atoms with Gasteiger partial charge in [0.25, 0.3) is 5.91 Å². The molecule has 3 N–H and O–H groups in total. The Morgan fingerprint density at radius 1 is 1.55 bits per heavy atom. The molecule has 7 heteroatoms. The van der Waals surface area contributed by atoms with Crippen molar-refractivity contribution in [2.75, 3.05) is 5.32 Å². The summed E-state index contributed by atoms with van der Waals surface area (Å²) in [5.74, 6) is 0.284. The number of amides is 1. The highest BCUT2D eigenvalue weighted by Crippen LogP contribution is 2.25. The summed E-state index contributed by atoms with van der Waals surface area (Å²) in [6, 6.07) is 3.30. The molecule has 20 heavy (non-hydrogen) atoms. The molecule has 0 saturated heterocycles. The largest absolute Gasteiger partial charge is 0.358 e. The fourth-order valence-corrected chi connectivity index (χ4v) is 2.38. The third-order valence-electron chi connectivity index (χ3n) is 3.23. The molecule has 1 unspecified atom stereocenters. The van der Waals surface area contributed by atoms with E-state index in [1.807, 2.05) is 30.4 Å². The SMILES string of the molecule is CCc1nc2ccc(Br)c(C)n2c1NC(C)C(=O)NO. The van der Waals surface area contributed by atoms with Gasteiger partial charge in [-0.05, 0) is 48.3 Å². The van der Waals surface area contributed by atoms with E-state index >= 15 is 0 Å². The van der Waals surface area contributed by atoms with Crippen molar-refractivity contribution in [2.24, 2.45) is 0 Å². The van der Waals surface area contributed by atoms with Gasteiger partial charge in [-0.1, -0.05) is 6.92 Å². The lowest BCUT2D eigenvalue weighted by atomic mass is 10.3. The average molecular weight is 341 g/mol. The molecule has 0 bridgehead atoms. The molecule has 0 aliphatic carbocycles. The summed E-state index contributed by atoms with van der Waals surface area (Å²) in [6.45, 7) is 5.66. The zero-order chi connectivity index (χ0) is 14.9. The molecule has 108 valence electrons. The van der Waals surface area contributed by atoms with Gasteiger partial charge in [0.05, 0.1) is 5.69 Å². The van der Waals surface area contributed by atoms with E-state index < -0.39 is 11.9 Å². The average Bonchev–Trinajstić information content (AvgIpc) is 2.80. The van der Waals surface area contributed by atoms with Crippen molar-refractivity contribution in [1.82, 2.24) is 14.9 Å². The van der Waals surface area contributed by atoms with Gasteiger partial charge < -0.3 is 5.32 Å². The molecule has 2 rings (SSSR count). The standard InChI is InChI=1S/C13H17BrN4O2/c1-4-10-12(15-7(2)13(19)17-20)18-8(3)9(14)5-6-11(18)16-10/h5-7,15,20H,4H2,1-3H3,(H,17,19). The first-order valence-corrected chi connectivity index (χ1v) is 7.15. The van der Waals surface area contributed by atoms with Crippen LogP contribution in [0.1, 0.15) is 25.2 Å². The number of carbonyl (C=O) groups excluding carboxylic acids is 1. The molecule has 6 nitrogen and oxygen atoms in total. The number of imidazole rings is 1. The van der Waals surface area contributed by atoms with Crippen molar-refractivity contribution in [1.29, 1.82) is 0 Å². The number of nitrogens with one attached hydrogen (secondary N) is 2. The monoisotopic (exact) mass is 340 g/mol. The van der Waals surface area contributed by atoms with E-state index in [-0.39, 0.29) is 0 Å². The number of carbonyl (C=O) groups is 1. The molecule has 2 aromatic heterocycles. The van der Waals surface area contributed by atoms with Crippen LogP contribution >= 0.6 is 15.9 Å². The highest BCUT2D eigenvalue weighted by atomic mass is 79.9. The Kier molecular flexibility index (Phi) is 4.29. The number of hydrogen-bond acceptors (Lipinski definition) is 4. The Hall–Kier alpha value is -1.60. The van der Waals surface area contributed by atoms with Crippen LogP contribution in [0.3, 0.4) is 0 Å². The minimum atomic E-state index is -0.566. The van der Waals surface area contributed by atoms with Crippen LogP contribution in [0.25, 0.3) is 5.65 Å². The number of rotatable bonds is 4. The van der Waals surface area contributed by atoms with Crippen LogP contribution in [0.5, 0.6) is 0 Å². The number of aryl methyl sites for hydroxylation is 2. The number of hydroxylamine groups is 1. The van der Waals surface area contributed by atoms with Crippen LogP contribution in [-0.4, -0.2) is 26.5 Å². The summed E-state index contributed by atoms with van der Waals surface area (Å²) in [4.78, 5) is 16.0. The molecule has 0 aliphatic rings. The number of hydrogen-bond donors (Lipinski definition) is 3. The molecular weight excluding hydrogens is 324 g/mol. The van der Waals surface area contributed by atoms with E-state index in [0.717, 1.165) is 33.7 Å². The third-order valence-corrected chi connectivity index (χ3v) is 4.07. The van der Waals surface area contributed by atoms with E-state index in [4.69, 9.17) is 5.21 Å². The quantitative estimate of drug-likeness (QED) is 0.589. The molecule has 0 radical (unpaired) electrons. The zero-order valence-corrected chi connectivity index (χ0v) is 13.2. The number of aromatic nitrogens is 2. The molecule has 0 spiro atoms. The van der Waals surface area contributed by atoms with Crippen LogP contribution in [-0.2, 0) is 11.2 Å². The van der Waals surface area contributed by atoms with Gasteiger partial charge in [-0.25, -0.2) is 10.5 Å². The number of nitrogens with zero attached hydrogens (tertiary/aromatic N) is 2. The lowest BCUT2D eigenvalue weighted by molar-refractivity contribution is -0.129. The Bertz CT molecular complexity index is 653. The number of anilines is 1. The minimum absolute atomic E-state index is 0.491. The first kappa shape index (κ1) is 14.8. The second-order valence-electron chi connectivity index (χ2n) is 4.56. The van der Waals surface area contributed by atoms with E-state index in [1.165, 1.54) is 0 Å². The molecular formula is C13H17BrN4O2. The molecule has 1 amide bonds. The number of halogens is 1. The zero-order valence-electron chi connectivity index (χ0n) is 11.6. The van der Waals surface area contributed by atoms with Gasteiger partial charge in [0.2, 0.25) is 0 Å². The molecule has 2 heterocycles. The lowest BCUT2D eigenvalue weighted by Crippen LogP contribution is -2.36. The van der Waals surface area contributed by atoms with Crippen molar-refractivity contribution < 1.29 is 10.0 Å². The first-order chi connectivity index (χ1) is 9.49. The van der Waals surface area contributed by atoms with Crippen molar-refractivity contribution in [3.63, 3.8) is 0 Å². The Morgan fingerprint density at radius 3 is 2.85 bits per heavy atom. The topological polar surface area (TPSA) is 78.7 Å². The maximum absolute atomic E-state index is 11.5. The van der Waals surface area contributed by atoms with Gasteiger partial charge in [-0.15, -0.1) is 0 Å². The number of pyridine rings is 1. The Balaban J connectivity index is 2.55. The van der Waals surface area contributed by atoms with Crippen LogP contribution in [0.4, 0.5) is 5.82 Å². The fourth-order valence-electron chi connectivity index (χ4n) is 2.07. The van der Waals surface area contributed by atoms with Gasteiger partial charge in [0.15, 0.2) is 0 Å². The highest BCUT2D eigenvalue weighted by Gasteiger charge is 2.18. The van der Waals surface area contributed by atoms with Gasteiger partial charge in [-0.2, -0.15) is 0 Å². The van der Waals surface area contributed by atoms with Gasteiger partial charge in [-0.3, -0.25) is 14.4 Å². The van der Waals surface area contributed by atoms with Crippen molar-refractivity contribution in [3.05, 3.63) is 28.0 Å². The Morgan fingerprint density at radius 2 is 2.25 bits per heavy atom. The second-order valence-corrected chi connectivity index (χ2v) is 5.42. The predicted molar refractivity (Wildman–Crippen MR) is 80.0 cm³/mol. The fraction of sp³-hybridized carbons (Fsp3) is 0.385. The third kappa shape index (κ3) is 2.51. The molecule has 1 atom stereocenters. The van der Waals surface area contributed by atoms with Crippen LogP contribution in [0.15, 0.2) is 16.6 Å². The minimum Gasteiger partial charge on any atom is -0.358 e. The first-order valence-electron chi connectivity index (χ1n) is 6.36. The molecule has 0 saturated carbocycles. The smallest absolute Gasteiger partial charge is 0.265 e. The molecule has 0 aliphatic heterocycles. The summed E-state index contributed by atoms with van der Waals surface area (Å²) in [7, 11) is 0. The summed E-state index contributed by atoms with van der Waals surface area (Å²) in [6.07, 6.45) is 0.745. The normalized spacial score (nSPS) is 12.4. The van der Waals surface area contributed by atoms with Gasteiger partial charge in [0, 0.05) is 10.2 Å². The lowest BCUT2D eigenvalue weighted by Gasteiger charge is -2.15. The summed E-state index contributed by atoms with van der Waals surface area (Å²) < 4.78 is 2.93. The summed E-state index contributed by atoms with van der Waals surface area (Å²) in [5.41, 5.74) is 4.34. The van der Waals surface area contributed by atoms with E-state index in [1.54, 1.807) is 12.4 Å². The summed E-state index contributed by atoms with van der Waals surface area (Å²) >= 11 is 3.49. The highest BCUT2D eigenvalue weighted by molar-refractivity contribution is 9.10. The van der Waals surface area contributed by atoms with E-state index in [2.05, 4.69) is 26.2 Å². The molecule has 0 fully saturated rings. The maximum atomic E-state index is 11.5. The Labute approximate surface area is 125 Å². The van der Waals surface area contributed by atoms with Gasteiger partial charge in [0.1, 0.15) is 17.5 Å². The number of fused-ring (bicyclic) bond motifs is 1. The van der Waals surface area contributed by atoms with E-state index in [0.29, 0.717) is 0 Å². The van der Waals surface area contributed by atoms with Crippen molar-refractivity contribution in [3.8, 4) is 0 Å². The second kappa shape index (κ2) is 5.80. The molecule has 0 aromatic carbocycles.